The van der Waals surface area contributed by atoms with E-state index >= 15 is 0 Å². The Morgan fingerprint density at radius 1 is 0.960 bits per heavy atom. The lowest BCUT2D eigenvalue weighted by molar-refractivity contribution is -0.140. The monoisotopic (exact) mass is 348 g/mol. The van der Waals surface area contributed by atoms with Crippen molar-refractivity contribution in [3.05, 3.63) is 29.3 Å². The number of benzene rings is 1. The number of hydrogen-bond donors (Lipinski definition) is 1. The van der Waals surface area contributed by atoms with Crippen LogP contribution in [0.2, 0.25) is 0 Å². The zero-order chi connectivity index (χ0) is 18.9. The lowest BCUT2D eigenvalue weighted by Gasteiger charge is -2.22. The number of ether oxygens (including phenoxy) is 1. The van der Waals surface area contributed by atoms with Gasteiger partial charge in [0.25, 0.3) is 6.47 Å². The molecular formula is C22H36O3. The van der Waals surface area contributed by atoms with E-state index in [1.807, 2.05) is 26.0 Å². The van der Waals surface area contributed by atoms with Crippen molar-refractivity contribution in [2.24, 2.45) is 5.41 Å². The quantitative estimate of drug-likeness (QED) is 0.405. The van der Waals surface area contributed by atoms with Crippen LogP contribution in [-0.4, -0.2) is 17.2 Å². The molecule has 1 aromatic rings. The van der Waals surface area contributed by atoms with Crippen LogP contribution in [0.3, 0.4) is 0 Å². The first-order valence-corrected chi connectivity index (χ1v) is 9.55. The number of phenols is 1. The van der Waals surface area contributed by atoms with Crippen LogP contribution in [0.25, 0.3) is 0 Å². The maximum atomic E-state index is 10.5. The molecule has 0 unspecified atom stereocenters. The lowest BCUT2D eigenvalue weighted by atomic mass is 9.89. The van der Waals surface area contributed by atoms with E-state index in [1.54, 1.807) is 0 Å². The minimum atomic E-state index is -0.404. The Kier molecular flexibility index (Phi) is 8.47. The number of aryl methyl sites for hydroxylation is 2. The van der Waals surface area contributed by atoms with Gasteiger partial charge in [-0.1, -0.05) is 39.3 Å². The van der Waals surface area contributed by atoms with Crippen molar-refractivity contribution in [3.8, 4) is 5.75 Å². The van der Waals surface area contributed by atoms with Crippen LogP contribution in [0.1, 0.15) is 84.3 Å². The molecule has 0 atom stereocenters. The van der Waals surface area contributed by atoms with Crippen LogP contribution in [0.15, 0.2) is 18.2 Å². The first kappa shape index (κ1) is 21.5. The molecule has 0 amide bonds. The third-order valence-electron chi connectivity index (χ3n) is 4.63. The van der Waals surface area contributed by atoms with Gasteiger partial charge >= 0.3 is 0 Å². The molecule has 3 heteroatoms. The zero-order valence-electron chi connectivity index (χ0n) is 16.7. The summed E-state index contributed by atoms with van der Waals surface area (Å²) in [6.45, 7) is 11.2. The fourth-order valence-electron chi connectivity index (χ4n) is 3.03. The predicted octanol–water partition coefficient (Wildman–Crippen LogP) is 5.82. The molecule has 0 saturated heterocycles. The van der Waals surface area contributed by atoms with E-state index < -0.39 is 5.60 Å². The molecule has 0 aliphatic rings. The highest BCUT2D eigenvalue weighted by Gasteiger charge is 2.17. The van der Waals surface area contributed by atoms with Crippen LogP contribution in [0.5, 0.6) is 5.75 Å². The Balaban J connectivity index is 2.43. The fraction of sp³-hybridized carbons (Fsp3) is 0.682. The number of phenolic OH excluding ortho intramolecular Hbond substituents is 1. The van der Waals surface area contributed by atoms with Gasteiger partial charge in [0, 0.05) is 0 Å². The first-order valence-electron chi connectivity index (χ1n) is 9.55. The smallest absolute Gasteiger partial charge is 0.293 e. The van der Waals surface area contributed by atoms with Crippen molar-refractivity contribution < 1.29 is 14.6 Å². The number of carbonyl (C=O) groups excluding carboxylic acids is 1. The number of hydrogen-bond acceptors (Lipinski definition) is 3. The van der Waals surface area contributed by atoms with Gasteiger partial charge in [-0.15, -0.1) is 0 Å². The third kappa shape index (κ3) is 9.52. The van der Waals surface area contributed by atoms with Gasteiger partial charge in [-0.3, -0.25) is 4.79 Å². The second kappa shape index (κ2) is 9.84. The highest BCUT2D eigenvalue weighted by molar-refractivity contribution is 5.38. The van der Waals surface area contributed by atoms with Crippen LogP contribution in [-0.2, 0) is 22.4 Å². The zero-order valence-corrected chi connectivity index (χ0v) is 16.7. The lowest BCUT2D eigenvalue weighted by Crippen LogP contribution is -2.23. The summed E-state index contributed by atoms with van der Waals surface area (Å²) in [6, 6.07) is 6.02. The molecule has 0 fully saturated rings. The molecule has 25 heavy (non-hydrogen) atoms. The topological polar surface area (TPSA) is 46.5 Å². The average Bonchev–Trinajstić information content (AvgIpc) is 2.49. The Bertz CT molecular complexity index is 527. The molecule has 1 N–H and O–H groups in total. The van der Waals surface area contributed by atoms with Crippen molar-refractivity contribution in [1.29, 1.82) is 0 Å². The molecular weight excluding hydrogens is 312 g/mol. The Morgan fingerprint density at radius 3 is 2.24 bits per heavy atom. The van der Waals surface area contributed by atoms with E-state index in [-0.39, 0.29) is 0 Å². The average molecular weight is 349 g/mol. The van der Waals surface area contributed by atoms with Crippen molar-refractivity contribution in [3.63, 3.8) is 0 Å². The molecule has 0 aromatic heterocycles. The van der Waals surface area contributed by atoms with Gasteiger partial charge < -0.3 is 9.84 Å². The Morgan fingerprint density at radius 2 is 1.60 bits per heavy atom. The van der Waals surface area contributed by atoms with Gasteiger partial charge in [-0.2, -0.15) is 0 Å². The van der Waals surface area contributed by atoms with Gasteiger partial charge in [0.1, 0.15) is 11.4 Å². The SMILES string of the molecule is CC(C)(C)CCCCc1ccc(O)c(CCCCC(C)(C)OC=O)c1. The molecule has 0 aliphatic carbocycles. The fourth-order valence-corrected chi connectivity index (χ4v) is 3.03. The van der Waals surface area contributed by atoms with Crippen molar-refractivity contribution >= 4 is 6.47 Å². The third-order valence-corrected chi connectivity index (χ3v) is 4.63. The molecule has 0 aliphatic heterocycles. The summed E-state index contributed by atoms with van der Waals surface area (Å²) in [7, 11) is 0. The van der Waals surface area contributed by atoms with Gasteiger partial charge in [-0.25, -0.2) is 0 Å². The summed E-state index contributed by atoms with van der Waals surface area (Å²) in [6.07, 6.45) is 8.39. The summed E-state index contributed by atoms with van der Waals surface area (Å²) >= 11 is 0. The highest BCUT2D eigenvalue weighted by Crippen LogP contribution is 2.25. The first-order chi connectivity index (χ1) is 11.6. The number of aromatic hydroxyl groups is 1. The van der Waals surface area contributed by atoms with Crippen molar-refractivity contribution in [2.75, 3.05) is 0 Å². The Hall–Kier alpha value is -1.51. The highest BCUT2D eigenvalue weighted by atomic mass is 16.5. The number of rotatable bonds is 11. The maximum absolute atomic E-state index is 10.5. The van der Waals surface area contributed by atoms with E-state index in [2.05, 4.69) is 26.8 Å². The molecule has 0 saturated carbocycles. The normalized spacial score (nSPS) is 12.2. The van der Waals surface area contributed by atoms with E-state index in [4.69, 9.17) is 4.74 Å². The second-order valence-electron chi connectivity index (χ2n) is 8.91. The minimum absolute atomic E-state index is 0.391. The summed E-state index contributed by atoms with van der Waals surface area (Å²) < 4.78 is 5.07. The van der Waals surface area contributed by atoms with Gasteiger partial charge in [0.05, 0.1) is 0 Å². The summed E-state index contributed by atoms with van der Waals surface area (Å²) in [5.74, 6) is 0.391. The van der Waals surface area contributed by atoms with Crippen molar-refractivity contribution in [1.82, 2.24) is 0 Å². The van der Waals surface area contributed by atoms with Crippen LogP contribution >= 0.6 is 0 Å². The van der Waals surface area contributed by atoms with E-state index in [9.17, 15) is 9.90 Å². The minimum Gasteiger partial charge on any atom is -0.508 e. The van der Waals surface area contributed by atoms with Gasteiger partial charge in [-0.05, 0) is 81.4 Å². The molecule has 3 nitrogen and oxygen atoms in total. The Labute approximate surface area is 153 Å². The molecule has 1 rings (SSSR count). The molecule has 0 radical (unpaired) electrons. The second-order valence-corrected chi connectivity index (χ2v) is 8.91. The van der Waals surface area contributed by atoms with Gasteiger partial charge in [0.2, 0.25) is 0 Å². The number of unbranched alkanes of at least 4 members (excludes halogenated alkanes) is 2. The van der Waals surface area contributed by atoms with Crippen LogP contribution in [0, 0.1) is 5.41 Å². The van der Waals surface area contributed by atoms with Crippen LogP contribution < -0.4 is 0 Å². The van der Waals surface area contributed by atoms with Crippen LogP contribution in [0.4, 0.5) is 0 Å². The summed E-state index contributed by atoms with van der Waals surface area (Å²) in [5, 5.41) is 10.1. The number of carbonyl (C=O) groups is 1. The summed E-state index contributed by atoms with van der Waals surface area (Å²) in [5.41, 5.74) is 2.34. The van der Waals surface area contributed by atoms with E-state index in [0.29, 0.717) is 17.6 Å². The molecule has 1 aromatic carbocycles. The van der Waals surface area contributed by atoms with Gasteiger partial charge in [0.15, 0.2) is 0 Å². The van der Waals surface area contributed by atoms with E-state index in [1.165, 1.54) is 24.8 Å². The predicted molar refractivity (Wildman–Crippen MR) is 104 cm³/mol. The molecule has 142 valence electrons. The standard InChI is InChI=1S/C22H36O3/c1-21(2,3)14-8-6-10-18-12-13-20(24)19(16-18)11-7-9-15-22(4,5)25-17-23/h12-13,16-17,24H,6-11,14-15H2,1-5H3. The van der Waals surface area contributed by atoms with E-state index in [0.717, 1.165) is 37.7 Å². The molecule has 0 heterocycles. The summed E-state index contributed by atoms with van der Waals surface area (Å²) in [4.78, 5) is 10.5. The van der Waals surface area contributed by atoms with Crippen molar-refractivity contribution in [2.45, 2.75) is 91.6 Å². The molecule has 0 bridgehead atoms. The maximum Gasteiger partial charge on any atom is 0.293 e. The molecule has 0 spiro atoms. The largest absolute Gasteiger partial charge is 0.508 e.